The van der Waals surface area contributed by atoms with E-state index < -0.39 is 0 Å². The molecule has 3 aliphatic rings. The molecule has 2 aromatic carbocycles. The predicted octanol–water partition coefficient (Wildman–Crippen LogP) is 3.20. The summed E-state index contributed by atoms with van der Waals surface area (Å²) in [6.07, 6.45) is 3.97. The molecule has 0 aromatic heterocycles. The van der Waals surface area contributed by atoms with Crippen LogP contribution in [-0.4, -0.2) is 40.6 Å². The average molecular weight is 360 g/mol. The van der Waals surface area contributed by atoms with E-state index in [-0.39, 0.29) is 29.8 Å². The van der Waals surface area contributed by atoms with Gasteiger partial charge in [-0.15, -0.1) is 0 Å². The average Bonchev–Trinajstić information content (AvgIpc) is 3.41. The molecule has 2 aliphatic carbocycles. The molecule has 2 aromatic rings. The van der Waals surface area contributed by atoms with Crippen LogP contribution in [0.25, 0.3) is 0 Å². The normalized spacial score (nSPS) is 20.6. The van der Waals surface area contributed by atoms with Crippen molar-refractivity contribution >= 4 is 17.7 Å². The van der Waals surface area contributed by atoms with E-state index >= 15 is 0 Å². The zero-order chi connectivity index (χ0) is 18.7. The lowest BCUT2D eigenvalue weighted by Gasteiger charge is -2.30. The first-order valence-corrected chi connectivity index (χ1v) is 9.43. The zero-order valence-electron chi connectivity index (χ0n) is 15.1. The maximum atomic E-state index is 13.4. The second kappa shape index (κ2) is 5.78. The second-order valence-corrected chi connectivity index (χ2v) is 7.63. The molecule has 1 aliphatic heterocycles. The van der Waals surface area contributed by atoms with E-state index in [1.165, 1.54) is 18.2 Å². The maximum Gasteiger partial charge on any atom is 0.261 e. The molecule has 1 unspecified atom stereocenters. The summed E-state index contributed by atoms with van der Waals surface area (Å²) in [5, 5.41) is 0. The van der Waals surface area contributed by atoms with Crippen molar-refractivity contribution in [1.82, 2.24) is 9.80 Å². The Balaban J connectivity index is 1.52. The highest BCUT2D eigenvalue weighted by atomic mass is 16.2. The van der Waals surface area contributed by atoms with Crippen LogP contribution in [-0.2, 0) is 6.42 Å². The highest BCUT2D eigenvalue weighted by Crippen LogP contribution is 2.42. The van der Waals surface area contributed by atoms with Gasteiger partial charge in [0.2, 0.25) is 0 Å². The molecule has 1 saturated carbocycles. The van der Waals surface area contributed by atoms with E-state index in [0.717, 1.165) is 30.6 Å². The molecule has 5 heteroatoms. The van der Waals surface area contributed by atoms with E-state index in [1.54, 1.807) is 18.2 Å². The Morgan fingerprint density at radius 1 is 1.00 bits per heavy atom. The minimum atomic E-state index is -0.339. The molecule has 0 bridgehead atoms. The molecule has 3 amide bonds. The number of hydrogen-bond donors (Lipinski definition) is 0. The third-order valence-electron chi connectivity index (χ3n) is 5.95. The van der Waals surface area contributed by atoms with Gasteiger partial charge in [0.05, 0.1) is 17.2 Å². The number of aryl methyl sites for hydroxylation is 1. The Hall–Kier alpha value is -2.95. The Bertz CT molecular complexity index is 993. The highest BCUT2D eigenvalue weighted by Gasteiger charge is 2.41. The van der Waals surface area contributed by atoms with Crippen molar-refractivity contribution in [1.29, 1.82) is 0 Å². The third-order valence-corrected chi connectivity index (χ3v) is 5.95. The number of imide groups is 1. The first-order valence-electron chi connectivity index (χ1n) is 9.43. The van der Waals surface area contributed by atoms with Crippen LogP contribution in [0.15, 0.2) is 42.5 Å². The minimum absolute atomic E-state index is 0.0446. The van der Waals surface area contributed by atoms with Gasteiger partial charge in [-0.05, 0) is 55.0 Å². The minimum Gasteiger partial charge on any atom is -0.329 e. The van der Waals surface area contributed by atoms with Crippen LogP contribution in [0.2, 0.25) is 0 Å². The first-order chi connectivity index (χ1) is 13.1. The summed E-state index contributed by atoms with van der Waals surface area (Å²) < 4.78 is 0. The molecule has 27 heavy (non-hydrogen) atoms. The Kier molecular flexibility index (Phi) is 3.47. The van der Waals surface area contributed by atoms with Crippen molar-refractivity contribution < 1.29 is 14.4 Å². The van der Waals surface area contributed by atoms with Crippen LogP contribution >= 0.6 is 0 Å². The zero-order valence-corrected chi connectivity index (χ0v) is 15.1. The van der Waals surface area contributed by atoms with Gasteiger partial charge in [0.15, 0.2) is 0 Å². The number of benzene rings is 2. The van der Waals surface area contributed by atoms with E-state index in [0.29, 0.717) is 16.7 Å². The summed E-state index contributed by atoms with van der Waals surface area (Å²) in [5.41, 5.74) is 3.75. The van der Waals surface area contributed by atoms with Gasteiger partial charge >= 0.3 is 0 Å². The van der Waals surface area contributed by atoms with Crippen LogP contribution in [0.3, 0.4) is 0 Å². The highest BCUT2D eigenvalue weighted by molar-refractivity contribution is 6.21. The number of nitrogens with zero attached hydrogens (tertiary/aromatic N) is 2. The summed E-state index contributed by atoms with van der Waals surface area (Å²) in [6.45, 7) is 0. The quantitative estimate of drug-likeness (QED) is 0.790. The molecule has 1 fully saturated rings. The molecule has 5 rings (SSSR count). The number of carbonyl (C=O) groups excluding carboxylic acids is 3. The molecule has 136 valence electrons. The Labute approximate surface area is 157 Å². The van der Waals surface area contributed by atoms with Crippen LogP contribution in [0.5, 0.6) is 0 Å². The van der Waals surface area contributed by atoms with Crippen LogP contribution in [0.4, 0.5) is 0 Å². The molecule has 0 N–H and O–H groups in total. The van der Waals surface area contributed by atoms with E-state index in [1.807, 2.05) is 17.0 Å². The van der Waals surface area contributed by atoms with Gasteiger partial charge in [-0.2, -0.15) is 0 Å². The van der Waals surface area contributed by atoms with Crippen molar-refractivity contribution in [2.24, 2.45) is 0 Å². The van der Waals surface area contributed by atoms with Gasteiger partial charge in [0, 0.05) is 18.7 Å². The van der Waals surface area contributed by atoms with Gasteiger partial charge in [-0.1, -0.05) is 24.3 Å². The number of carbonyl (C=O) groups is 3. The fraction of sp³-hybridized carbons (Fsp3) is 0.318. The van der Waals surface area contributed by atoms with E-state index in [2.05, 4.69) is 12.1 Å². The molecule has 1 heterocycles. The molecule has 0 radical (unpaired) electrons. The summed E-state index contributed by atoms with van der Waals surface area (Å²) in [4.78, 5) is 40.9. The van der Waals surface area contributed by atoms with Crippen molar-refractivity contribution in [3.63, 3.8) is 0 Å². The fourth-order valence-corrected chi connectivity index (χ4v) is 4.38. The molecule has 0 spiro atoms. The van der Waals surface area contributed by atoms with Crippen molar-refractivity contribution in [3.8, 4) is 0 Å². The van der Waals surface area contributed by atoms with Crippen LogP contribution < -0.4 is 0 Å². The summed E-state index contributed by atoms with van der Waals surface area (Å²) in [7, 11) is 1.47. The lowest BCUT2D eigenvalue weighted by Crippen LogP contribution is -2.36. The number of hydrogen-bond acceptors (Lipinski definition) is 3. The summed E-state index contributed by atoms with van der Waals surface area (Å²) in [5.74, 6) is -0.691. The lowest BCUT2D eigenvalue weighted by molar-refractivity contribution is 0.0656. The molecule has 0 saturated heterocycles. The Morgan fingerprint density at radius 2 is 1.74 bits per heavy atom. The van der Waals surface area contributed by atoms with Gasteiger partial charge in [-0.3, -0.25) is 19.3 Å². The van der Waals surface area contributed by atoms with Crippen molar-refractivity contribution in [2.45, 2.75) is 37.8 Å². The smallest absolute Gasteiger partial charge is 0.261 e. The maximum absolute atomic E-state index is 13.4. The van der Waals surface area contributed by atoms with E-state index in [9.17, 15) is 14.4 Å². The second-order valence-electron chi connectivity index (χ2n) is 7.63. The van der Waals surface area contributed by atoms with Gasteiger partial charge in [0.25, 0.3) is 17.7 Å². The standard InChI is InChI=1S/C22H20N2O3/c1-23-21(26)17-10-6-14(12-18(17)22(23)27)20(25)24(15-8-9-15)19-11-7-13-4-2-3-5-16(13)19/h2-6,10,12,15,19H,7-9,11H2,1H3. The molecular formula is C22H20N2O3. The summed E-state index contributed by atoms with van der Waals surface area (Å²) in [6, 6.07) is 13.6. The monoisotopic (exact) mass is 360 g/mol. The SMILES string of the molecule is CN1C(=O)c2ccc(C(=O)N(C3CC3)C3CCc4ccccc43)cc2C1=O. The number of rotatable bonds is 3. The van der Waals surface area contributed by atoms with Gasteiger partial charge < -0.3 is 4.90 Å². The summed E-state index contributed by atoms with van der Waals surface area (Å²) >= 11 is 0. The largest absolute Gasteiger partial charge is 0.329 e. The van der Waals surface area contributed by atoms with Crippen molar-refractivity contribution in [2.75, 3.05) is 7.05 Å². The third kappa shape index (κ3) is 2.41. The molecule has 1 atom stereocenters. The van der Waals surface area contributed by atoms with Crippen molar-refractivity contribution in [3.05, 3.63) is 70.3 Å². The van der Waals surface area contributed by atoms with Gasteiger partial charge in [0.1, 0.15) is 0 Å². The van der Waals surface area contributed by atoms with E-state index in [4.69, 9.17) is 0 Å². The molecular weight excluding hydrogens is 340 g/mol. The number of fused-ring (bicyclic) bond motifs is 2. The predicted molar refractivity (Wildman–Crippen MR) is 99.6 cm³/mol. The topological polar surface area (TPSA) is 57.7 Å². The van der Waals surface area contributed by atoms with Crippen LogP contribution in [0.1, 0.15) is 67.5 Å². The first kappa shape index (κ1) is 16.2. The van der Waals surface area contributed by atoms with Gasteiger partial charge in [-0.25, -0.2) is 0 Å². The molecule has 5 nitrogen and oxygen atoms in total. The lowest BCUT2D eigenvalue weighted by atomic mass is 10.0. The van der Waals surface area contributed by atoms with Crippen LogP contribution in [0, 0.1) is 0 Å². The fourth-order valence-electron chi connectivity index (χ4n) is 4.38. The number of amides is 3. The Morgan fingerprint density at radius 3 is 2.52 bits per heavy atom.